The van der Waals surface area contributed by atoms with Crippen LogP contribution in [-0.2, 0) is 13.6 Å². The highest BCUT2D eigenvalue weighted by atomic mass is 35.5. The lowest BCUT2D eigenvalue weighted by Gasteiger charge is -2.02. The smallest absolute Gasteiger partial charge is 0.0700 e. The largest absolute Gasteiger partial charge is 0.346 e. The number of aromatic nitrogens is 1. The van der Waals surface area contributed by atoms with Crippen LogP contribution in [0, 0.1) is 0 Å². The Kier molecular flexibility index (Phi) is 2.23. The van der Waals surface area contributed by atoms with E-state index in [9.17, 15) is 0 Å². The summed E-state index contributed by atoms with van der Waals surface area (Å²) in [6.45, 7) is 0.547. The van der Waals surface area contributed by atoms with Gasteiger partial charge in [-0.05, 0) is 24.5 Å². The Morgan fingerprint density at radius 1 is 1.44 bits per heavy atom. The van der Waals surface area contributed by atoms with Crippen LogP contribution in [-0.4, -0.2) is 4.57 Å². The molecule has 1 saturated carbocycles. The summed E-state index contributed by atoms with van der Waals surface area (Å²) in [5.74, 6) is 0.663. The second kappa shape index (κ2) is 3.51. The maximum absolute atomic E-state index is 6.50. The van der Waals surface area contributed by atoms with Gasteiger partial charge in [-0.1, -0.05) is 23.7 Å². The first kappa shape index (κ1) is 10.2. The van der Waals surface area contributed by atoms with Gasteiger partial charge in [-0.2, -0.15) is 0 Å². The van der Waals surface area contributed by atoms with Gasteiger partial charge in [0.15, 0.2) is 0 Å². The zero-order valence-electron chi connectivity index (χ0n) is 9.33. The molecule has 16 heavy (non-hydrogen) atoms. The molecule has 3 rings (SSSR count). The first-order valence-electron chi connectivity index (χ1n) is 5.69. The molecule has 1 aromatic heterocycles. The van der Waals surface area contributed by atoms with Crippen molar-refractivity contribution in [3.63, 3.8) is 0 Å². The van der Waals surface area contributed by atoms with Crippen molar-refractivity contribution in [3.8, 4) is 0 Å². The molecule has 1 heterocycles. The summed E-state index contributed by atoms with van der Waals surface area (Å²) >= 11 is 6.50. The number of hydrogen-bond donors (Lipinski definition) is 1. The second-order valence-electron chi connectivity index (χ2n) is 4.55. The quantitative estimate of drug-likeness (QED) is 0.850. The summed E-state index contributed by atoms with van der Waals surface area (Å²) in [6, 6.07) is 6.23. The first-order chi connectivity index (χ1) is 7.74. The summed E-state index contributed by atoms with van der Waals surface area (Å²) in [5.41, 5.74) is 9.40. The van der Waals surface area contributed by atoms with E-state index < -0.39 is 0 Å². The van der Waals surface area contributed by atoms with Crippen LogP contribution < -0.4 is 5.73 Å². The van der Waals surface area contributed by atoms with Crippen molar-refractivity contribution >= 4 is 22.5 Å². The number of fused-ring (bicyclic) bond motifs is 1. The minimum Gasteiger partial charge on any atom is -0.346 e. The third-order valence-corrected chi connectivity index (χ3v) is 3.86. The number of halogens is 1. The highest BCUT2D eigenvalue weighted by Crippen LogP contribution is 2.46. The van der Waals surface area contributed by atoms with E-state index in [1.165, 1.54) is 24.1 Å². The molecule has 2 N–H and O–H groups in total. The number of hydrogen-bond acceptors (Lipinski definition) is 1. The second-order valence-corrected chi connectivity index (χ2v) is 4.93. The van der Waals surface area contributed by atoms with Gasteiger partial charge in [0.25, 0.3) is 0 Å². The molecule has 2 aromatic rings. The van der Waals surface area contributed by atoms with Crippen LogP contribution in [0.3, 0.4) is 0 Å². The van der Waals surface area contributed by atoms with Crippen LogP contribution in [0.1, 0.15) is 30.0 Å². The molecule has 1 aliphatic carbocycles. The average Bonchev–Trinajstić information content (AvgIpc) is 3.08. The fraction of sp³-hybridized carbons (Fsp3) is 0.385. The van der Waals surface area contributed by atoms with Gasteiger partial charge in [0.1, 0.15) is 0 Å². The number of nitrogens with zero attached hydrogens (tertiary/aromatic N) is 1. The van der Waals surface area contributed by atoms with E-state index in [4.69, 9.17) is 17.3 Å². The maximum atomic E-state index is 6.50. The van der Waals surface area contributed by atoms with Gasteiger partial charge in [0.05, 0.1) is 5.02 Å². The average molecular weight is 235 g/mol. The molecule has 1 fully saturated rings. The standard InChI is InChI=1S/C13H15ClN2/c1-16-10-4-2-3-9(7-15)11(10)12(14)13(16)8-5-6-8/h2-4,8H,5-7,15H2,1H3. The SMILES string of the molecule is Cn1c(C2CC2)c(Cl)c2c(CN)cccc21. The number of aryl methyl sites for hydroxylation is 1. The predicted molar refractivity (Wildman–Crippen MR) is 67.8 cm³/mol. The number of nitrogens with two attached hydrogens (primary N) is 1. The molecule has 0 aliphatic heterocycles. The Labute approximate surface area is 100.0 Å². The molecule has 84 valence electrons. The molecular weight excluding hydrogens is 220 g/mol. The molecule has 0 atom stereocenters. The van der Waals surface area contributed by atoms with Gasteiger partial charge in [-0.3, -0.25) is 0 Å². The van der Waals surface area contributed by atoms with Crippen molar-refractivity contribution in [1.29, 1.82) is 0 Å². The van der Waals surface area contributed by atoms with Gasteiger partial charge >= 0.3 is 0 Å². The lowest BCUT2D eigenvalue weighted by Crippen LogP contribution is -1.96. The van der Waals surface area contributed by atoms with E-state index in [1.807, 2.05) is 0 Å². The fourth-order valence-electron chi connectivity index (χ4n) is 2.50. The third kappa shape index (κ3) is 1.30. The number of benzene rings is 1. The van der Waals surface area contributed by atoms with E-state index >= 15 is 0 Å². The summed E-state index contributed by atoms with van der Waals surface area (Å²) < 4.78 is 2.23. The molecule has 0 saturated heterocycles. The van der Waals surface area contributed by atoms with Gasteiger partial charge in [-0.25, -0.2) is 0 Å². The number of rotatable bonds is 2. The molecule has 1 aromatic carbocycles. The Morgan fingerprint density at radius 3 is 2.81 bits per heavy atom. The van der Waals surface area contributed by atoms with Crippen molar-refractivity contribution in [2.75, 3.05) is 0 Å². The van der Waals surface area contributed by atoms with E-state index in [0.717, 1.165) is 16.0 Å². The highest BCUT2D eigenvalue weighted by molar-refractivity contribution is 6.36. The van der Waals surface area contributed by atoms with Crippen molar-refractivity contribution < 1.29 is 0 Å². The van der Waals surface area contributed by atoms with Crippen LogP contribution >= 0.6 is 11.6 Å². The molecule has 2 nitrogen and oxygen atoms in total. The van der Waals surface area contributed by atoms with Crippen LogP contribution in [0.4, 0.5) is 0 Å². The van der Waals surface area contributed by atoms with Crippen LogP contribution in [0.15, 0.2) is 18.2 Å². The van der Waals surface area contributed by atoms with Gasteiger partial charge in [-0.15, -0.1) is 0 Å². The zero-order chi connectivity index (χ0) is 11.3. The minimum absolute atomic E-state index is 0.547. The summed E-state index contributed by atoms with van der Waals surface area (Å²) in [7, 11) is 2.10. The first-order valence-corrected chi connectivity index (χ1v) is 6.07. The van der Waals surface area contributed by atoms with Crippen molar-refractivity contribution in [2.24, 2.45) is 12.8 Å². The molecule has 1 aliphatic rings. The monoisotopic (exact) mass is 234 g/mol. The normalized spacial score (nSPS) is 15.9. The Balaban J connectivity index is 2.37. The lowest BCUT2D eigenvalue weighted by atomic mass is 10.1. The van der Waals surface area contributed by atoms with E-state index in [-0.39, 0.29) is 0 Å². The molecule has 0 radical (unpaired) electrons. The highest BCUT2D eigenvalue weighted by Gasteiger charge is 2.30. The van der Waals surface area contributed by atoms with Crippen molar-refractivity contribution in [2.45, 2.75) is 25.3 Å². The molecule has 0 unspecified atom stereocenters. The fourth-order valence-corrected chi connectivity index (χ4v) is 3.00. The maximum Gasteiger partial charge on any atom is 0.0700 e. The molecule has 0 bridgehead atoms. The predicted octanol–water partition coefficient (Wildman–Crippen LogP) is 3.17. The lowest BCUT2D eigenvalue weighted by molar-refractivity contribution is 0.857. The summed E-state index contributed by atoms with van der Waals surface area (Å²) in [6.07, 6.45) is 2.53. The third-order valence-electron chi connectivity index (χ3n) is 3.48. The zero-order valence-corrected chi connectivity index (χ0v) is 10.1. The van der Waals surface area contributed by atoms with E-state index in [1.54, 1.807) is 0 Å². The molecule has 0 spiro atoms. The molecule has 0 amide bonds. The van der Waals surface area contributed by atoms with Crippen LogP contribution in [0.2, 0.25) is 5.02 Å². The minimum atomic E-state index is 0.547. The summed E-state index contributed by atoms with van der Waals surface area (Å²) in [4.78, 5) is 0. The molecular formula is C13H15ClN2. The van der Waals surface area contributed by atoms with E-state index in [2.05, 4.69) is 29.8 Å². The summed E-state index contributed by atoms with van der Waals surface area (Å²) in [5, 5.41) is 2.07. The van der Waals surface area contributed by atoms with Gasteiger partial charge < -0.3 is 10.3 Å². The van der Waals surface area contributed by atoms with Crippen LogP contribution in [0.5, 0.6) is 0 Å². The Morgan fingerprint density at radius 2 is 2.19 bits per heavy atom. The Bertz CT molecular complexity index is 553. The molecule has 3 heteroatoms. The Hall–Kier alpha value is -0.990. The van der Waals surface area contributed by atoms with E-state index in [0.29, 0.717) is 12.5 Å². The van der Waals surface area contributed by atoms with Gasteiger partial charge in [0, 0.05) is 36.1 Å². The van der Waals surface area contributed by atoms with Gasteiger partial charge in [0.2, 0.25) is 0 Å². The van der Waals surface area contributed by atoms with Crippen molar-refractivity contribution in [1.82, 2.24) is 4.57 Å². The topological polar surface area (TPSA) is 30.9 Å². The van der Waals surface area contributed by atoms with Crippen LogP contribution in [0.25, 0.3) is 10.9 Å². The van der Waals surface area contributed by atoms with Crippen molar-refractivity contribution in [3.05, 3.63) is 34.5 Å².